The Morgan fingerprint density at radius 3 is 2.00 bits per heavy atom. The Labute approximate surface area is 227 Å². The molecule has 204 valence electrons. The molecule has 0 radical (unpaired) electrons. The highest BCUT2D eigenvalue weighted by Crippen LogP contribution is 2.30. The molecule has 3 aromatic carbocycles. The number of aromatic nitrogens is 2. The molecular weight excluding hydrogens is 494 g/mol. The van der Waals surface area contributed by atoms with E-state index in [2.05, 4.69) is 19.2 Å². The third kappa shape index (κ3) is 6.22. The van der Waals surface area contributed by atoms with Gasteiger partial charge in [-0.25, -0.2) is 4.79 Å². The average Bonchev–Trinajstić information content (AvgIpc) is 2.93. The highest BCUT2D eigenvalue weighted by molar-refractivity contribution is 5.94. The average molecular weight is 530 g/mol. The van der Waals surface area contributed by atoms with Gasteiger partial charge in [-0.1, -0.05) is 55.8 Å². The third-order valence-corrected chi connectivity index (χ3v) is 6.76. The van der Waals surface area contributed by atoms with Crippen LogP contribution in [0.4, 0.5) is 0 Å². The lowest BCUT2D eigenvalue weighted by atomic mass is 10.1. The van der Waals surface area contributed by atoms with Crippen LogP contribution in [0.2, 0.25) is 0 Å². The van der Waals surface area contributed by atoms with E-state index < -0.39 is 11.2 Å². The van der Waals surface area contributed by atoms with Gasteiger partial charge in [0.15, 0.2) is 11.5 Å². The quantitative estimate of drug-likeness (QED) is 0.330. The van der Waals surface area contributed by atoms with E-state index in [4.69, 9.17) is 9.47 Å². The fourth-order valence-electron chi connectivity index (χ4n) is 4.43. The SMILES string of the molecule is COc1cc2c(=O)n(Cc3ccc(C(=O)NCCC(C)C)cc3)c(=O)n(Cc3ccc(C)cc3)c2cc1OC. The summed E-state index contributed by atoms with van der Waals surface area (Å²) in [6.45, 7) is 7.17. The van der Waals surface area contributed by atoms with E-state index in [0.717, 1.165) is 23.1 Å². The van der Waals surface area contributed by atoms with E-state index >= 15 is 0 Å². The molecular formula is C31H35N3O5. The Hall–Kier alpha value is -4.33. The summed E-state index contributed by atoms with van der Waals surface area (Å²) in [5.41, 5.74) is 2.91. The summed E-state index contributed by atoms with van der Waals surface area (Å²) < 4.78 is 13.7. The van der Waals surface area contributed by atoms with Crippen molar-refractivity contribution in [1.29, 1.82) is 0 Å². The normalized spacial score (nSPS) is 11.1. The first-order valence-electron chi connectivity index (χ1n) is 13.0. The number of rotatable bonds is 10. The van der Waals surface area contributed by atoms with Gasteiger partial charge in [0.05, 0.1) is 38.2 Å². The van der Waals surface area contributed by atoms with Crippen molar-refractivity contribution in [3.05, 3.63) is 104 Å². The molecule has 8 nitrogen and oxygen atoms in total. The molecule has 0 aliphatic rings. The van der Waals surface area contributed by atoms with Gasteiger partial charge in [-0.3, -0.25) is 18.7 Å². The molecule has 0 saturated carbocycles. The number of benzene rings is 3. The predicted molar refractivity (Wildman–Crippen MR) is 153 cm³/mol. The number of hydrogen-bond donors (Lipinski definition) is 1. The summed E-state index contributed by atoms with van der Waals surface area (Å²) in [7, 11) is 3.02. The number of carbonyl (C=O) groups is 1. The molecule has 1 amide bonds. The number of nitrogens with one attached hydrogen (secondary N) is 1. The van der Waals surface area contributed by atoms with Crippen molar-refractivity contribution in [1.82, 2.24) is 14.5 Å². The topological polar surface area (TPSA) is 91.6 Å². The second kappa shape index (κ2) is 12.0. The van der Waals surface area contributed by atoms with Crippen LogP contribution in [0.1, 0.15) is 47.3 Å². The van der Waals surface area contributed by atoms with E-state index in [1.807, 2.05) is 31.2 Å². The van der Waals surface area contributed by atoms with Crippen molar-refractivity contribution in [2.45, 2.75) is 40.3 Å². The van der Waals surface area contributed by atoms with Gasteiger partial charge in [0, 0.05) is 18.2 Å². The van der Waals surface area contributed by atoms with Crippen molar-refractivity contribution in [2.24, 2.45) is 5.92 Å². The molecule has 0 atom stereocenters. The number of nitrogens with zero attached hydrogens (tertiary/aromatic N) is 2. The monoisotopic (exact) mass is 529 g/mol. The molecule has 0 spiro atoms. The first kappa shape index (κ1) is 27.7. The molecule has 1 aromatic heterocycles. The van der Waals surface area contributed by atoms with Gasteiger partial charge < -0.3 is 14.8 Å². The van der Waals surface area contributed by atoms with Gasteiger partial charge in [-0.05, 0) is 48.6 Å². The molecule has 4 rings (SSSR count). The maximum absolute atomic E-state index is 13.8. The Morgan fingerprint density at radius 2 is 1.41 bits per heavy atom. The van der Waals surface area contributed by atoms with E-state index in [1.165, 1.54) is 18.8 Å². The predicted octanol–water partition coefficient (Wildman–Crippen LogP) is 4.36. The van der Waals surface area contributed by atoms with Gasteiger partial charge in [-0.2, -0.15) is 0 Å². The summed E-state index contributed by atoms with van der Waals surface area (Å²) in [4.78, 5) is 39.8. The zero-order chi connectivity index (χ0) is 28.1. The molecule has 4 aromatic rings. The highest BCUT2D eigenvalue weighted by Gasteiger charge is 2.18. The molecule has 0 saturated heterocycles. The van der Waals surface area contributed by atoms with Crippen molar-refractivity contribution >= 4 is 16.8 Å². The minimum atomic E-state index is -0.434. The van der Waals surface area contributed by atoms with Gasteiger partial charge in [0.1, 0.15) is 0 Å². The largest absolute Gasteiger partial charge is 0.493 e. The van der Waals surface area contributed by atoms with Crippen LogP contribution in [0.25, 0.3) is 10.9 Å². The maximum atomic E-state index is 13.8. The number of aryl methyl sites for hydroxylation is 1. The first-order chi connectivity index (χ1) is 18.7. The van der Waals surface area contributed by atoms with Crippen LogP contribution in [0.5, 0.6) is 11.5 Å². The molecule has 0 unspecified atom stereocenters. The zero-order valence-electron chi connectivity index (χ0n) is 23.1. The minimum Gasteiger partial charge on any atom is -0.493 e. The Bertz CT molecular complexity index is 1580. The lowest BCUT2D eigenvalue weighted by molar-refractivity contribution is 0.0952. The zero-order valence-corrected chi connectivity index (χ0v) is 23.1. The lowest BCUT2D eigenvalue weighted by Crippen LogP contribution is -2.40. The standard InChI is InChI=1S/C31H35N3O5/c1-20(2)14-15-32-29(35)24-12-10-23(11-13-24)19-34-30(36)25-16-27(38-4)28(39-5)17-26(25)33(31(34)37)18-22-8-6-21(3)7-9-22/h6-13,16-17,20H,14-15,18-19H2,1-5H3,(H,32,35). The van der Waals surface area contributed by atoms with E-state index in [9.17, 15) is 14.4 Å². The van der Waals surface area contributed by atoms with Gasteiger partial charge in [0.25, 0.3) is 11.5 Å². The fourth-order valence-corrected chi connectivity index (χ4v) is 4.43. The third-order valence-electron chi connectivity index (χ3n) is 6.76. The molecule has 0 fully saturated rings. The van der Waals surface area contributed by atoms with Crippen molar-refractivity contribution < 1.29 is 14.3 Å². The lowest BCUT2D eigenvalue weighted by Gasteiger charge is -2.17. The summed E-state index contributed by atoms with van der Waals surface area (Å²) in [5, 5.41) is 3.27. The summed E-state index contributed by atoms with van der Waals surface area (Å²) in [5.74, 6) is 1.19. The fraction of sp³-hybridized carbons (Fsp3) is 0.323. The second-order valence-corrected chi connectivity index (χ2v) is 10.1. The number of methoxy groups -OCH3 is 2. The van der Waals surface area contributed by atoms with Gasteiger partial charge in [-0.15, -0.1) is 0 Å². The molecule has 0 aliphatic carbocycles. The number of carbonyl (C=O) groups excluding carboxylic acids is 1. The first-order valence-corrected chi connectivity index (χ1v) is 13.0. The summed E-state index contributed by atoms with van der Waals surface area (Å²) >= 11 is 0. The molecule has 1 heterocycles. The molecule has 1 N–H and O–H groups in total. The van der Waals surface area contributed by atoms with Crippen molar-refractivity contribution in [3.63, 3.8) is 0 Å². The van der Waals surface area contributed by atoms with Crippen LogP contribution in [-0.2, 0) is 13.1 Å². The number of amides is 1. The Kier molecular flexibility index (Phi) is 8.54. The highest BCUT2D eigenvalue weighted by atomic mass is 16.5. The number of ether oxygens (including phenoxy) is 2. The maximum Gasteiger partial charge on any atom is 0.332 e. The Morgan fingerprint density at radius 1 is 0.846 bits per heavy atom. The van der Waals surface area contributed by atoms with E-state index in [1.54, 1.807) is 41.0 Å². The summed E-state index contributed by atoms with van der Waals surface area (Å²) in [6, 6.07) is 18.2. The van der Waals surface area contributed by atoms with Crippen molar-refractivity contribution in [3.8, 4) is 11.5 Å². The molecule has 8 heteroatoms. The van der Waals surface area contributed by atoms with Gasteiger partial charge >= 0.3 is 5.69 Å². The molecule has 39 heavy (non-hydrogen) atoms. The van der Waals surface area contributed by atoms with E-state index in [-0.39, 0.29) is 19.0 Å². The summed E-state index contributed by atoms with van der Waals surface area (Å²) in [6.07, 6.45) is 0.903. The van der Waals surface area contributed by atoms with E-state index in [0.29, 0.717) is 40.4 Å². The number of fused-ring (bicyclic) bond motifs is 1. The van der Waals surface area contributed by atoms with Crippen molar-refractivity contribution in [2.75, 3.05) is 20.8 Å². The van der Waals surface area contributed by atoms with Gasteiger partial charge in [0.2, 0.25) is 0 Å². The number of hydrogen-bond acceptors (Lipinski definition) is 5. The van der Waals surface area contributed by atoms with Crippen LogP contribution in [0.15, 0.2) is 70.3 Å². The second-order valence-electron chi connectivity index (χ2n) is 10.1. The molecule has 0 aliphatic heterocycles. The minimum absolute atomic E-state index is 0.0606. The van der Waals surface area contributed by atoms with Crippen LogP contribution < -0.4 is 26.0 Å². The Balaban J connectivity index is 1.74. The van der Waals surface area contributed by atoms with Crippen LogP contribution in [0, 0.1) is 12.8 Å². The van der Waals surface area contributed by atoms with Crippen LogP contribution in [-0.4, -0.2) is 35.8 Å². The molecule has 0 bridgehead atoms. The van der Waals surface area contributed by atoms with Crippen LogP contribution in [0.3, 0.4) is 0 Å². The smallest absolute Gasteiger partial charge is 0.332 e. The van der Waals surface area contributed by atoms with Crippen LogP contribution >= 0.6 is 0 Å².